The van der Waals surface area contributed by atoms with Gasteiger partial charge in [0, 0.05) is 17.8 Å². The maximum atomic E-state index is 9.36. The Morgan fingerprint density at radius 2 is 2.25 bits per heavy atom. The summed E-state index contributed by atoms with van der Waals surface area (Å²) in [6.45, 7) is 3.16. The first kappa shape index (κ1) is 10.7. The van der Waals surface area contributed by atoms with E-state index in [9.17, 15) is 5.11 Å². The number of phenolic OH excluding ortho intramolecular Hbond substituents is 1. The number of aromatic hydroxyl groups is 1. The summed E-state index contributed by atoms with van der Waals surface area (Å²) < 4.78 is 1.89. The average molecular weight is 217 g/mol. The van der Waals surface area contributed by atoms with E-state index in [4.69, 9.17) is 5.73 Å². The molecule has 0 atom stereocenters. The average Bonchev–Trinajstić information content (AvgIpc) is 2.60. The highest BCUT2D eigenvalue weighted by atomic mass is 16.3. The molecule has 0 unspecified atom stereocenters. The number of phenols is 1. The topological polar surface area (TPSA) is 64.1 Å². The number of hydrogen-bond acceptors (Lipinski definition) is 3. The molecule has 0 fully saturated rings. The summed E-state index contributed by atoms with van der Waals surface area (Å²) in [7, 11) is 0. The zero-order valence-corrected chi connectivity index (χ0v) is 9.22. The molecule has 4 heteroatoms. The Morgan fingerprint density at radius 1 is 1.44 bits per heavy atom. The second-order valence-electron chi connectivity index (χ2n) is 3.79. The smallest absolute Gasteiger partial charge is 0.115 e. The lowest BCUT2D eigenvalue weighted by molar-refractivity contribution is 0.474. The van der Waals surface area contributed by atoms with Gasteiger partial charge in [-0.15, -0.1) is 0 Å². The Labute approximate surface area is 94.3 Å². The highest BCUT2D eigenvalue weighted by Crippen LogP contribution is 2.14. The van der Waals surface area contributed by atoms with Crippen molar-refractivity contribution < 1.29 is 5.11 Å². The molecule has 0 saturated heterocycles. The van der Waals surface area contributed by atoms with Crippen LogP contribution in [0.25, 0.3) is 0 Å². The summed E-state index contributed by atoms with van der Waals surface area (Å²) in [5.41, 5.74) is 8.74. The predicted molar refractivity (Wildman–Crippen MR) is 62.1 cm³/mol. The summed E-state index contributed by atoms with van der Waals surface area (Å²) >= 11 is 0. The van der Waals surface area contributed by atoms with Crippen LogP contribution in [-0.2, 0) is 13.1 Å². The lowest BCUT2D eigenvalue weighted by Crippen LogP contribution is -2.05. The molecule has 0 spiro atoms. The fourth-order valence-corrected chi connectivity index (χ4v) is 1.67. The molecule has 84 valence electrons. The van der Waals surface area contributed by atoms with Gasteiger partial charge in [-0.05, 0) is 24.6 Å². The number of benzene rings is 1. The zero-order valence-electron chi connectivity index (χ0n) is 9.22. The molecule has 0 aliphatic rings. The second-order valence-corrected chi connectivity index (χ2v) is 3.79. The summed E-state index contributed by atoms with van der Waals surface area (Å²) in [6.07, 6.45) is 1.79. The molecule has 3 N–H and O–H groups in total. The van der Waals surface area contributed by atoms with Crippen LogP contribution in [0.2, 0.25) is 0 Å². The fourth-order valence-electron chi connectivity index (χ4n) is 1.67. The molecule has 0 aliphatic carbocycles. The van der Waals surface area contributed by atoms with Gasteiger partial charge in [0.15, 0.2) is 0 Å². The maximum absolute atomic E-state index is 9.36. The molecule has 16 heavy (non-hydrogen) atoms. The van der Waals surface area contributed by atoms with Crippen LogP contribution in [0, 0.1) is 6.92 Å². The molecule has 0 aliphatic heterocycles. The first-order valence-electron chi connectivity index (χ1n) is 5.20. The lowest BCUT2D eigenvalue weighted by atomic mass is 10.2. The molecule has 2 rings (SSSR count). The van der Waals surface area contributed by atoms with Crippen molar-refractivity contribution in [3.8, 4) is 5.75 Å². The molecule has 2 aromatic rings. The Balaban J connectivity index is 2.24. The van der Waals surface area contributed by atoms with Gasteiger partial charge in [-0.3, -0.25) is 4.68 Å². The quantitative estimate of drug-likeness (QED) is 0.817. The Kier molecular flexibility index (Phi) is 2.92. The van der Waals surface area contributed by atoms with Crippen LogP contribution in [0.1, 0.15) is 16.8 Å². The monoisotopic (exact) mass is 217 g/mol. The molecule has 0 radical (unpaired) electrons. The Hall–Kier alpha value is -1.81. The van der Waals surface area contributed by atoms with Crippen molar-refractivity contribution >= 4 is 0 Å². The van der Waals surface area contributed by atoms with E-state index >= 15 is 0 Å². The number of rotatable bonds is 3. The van der Waals surface area contributed by atoms with Crippen LogP contribution < -0.4 is 5.73 Å². The SMILES string of the molecule is Cc1c(CN)cnn1Cc1cccc(O)c1. The molecular formula is C12H15N3O. The van der Waals surface area contributed by atoms with E-state index < -0.39 is 0 Å². The molecule has 4 nitrogen and oxygen atoms in total. The van der Waals surface area contributed by atoms with Crippen LogP contribution in [0.4, 0.5) is 0 Å². The van der Waals surface area contributed by atoms with Crippen LogP contribution in [0.5, 0.6) is 5.75 Å². The van der Waals surface area contributed by atoms with Gasteiger partial charge < -0.3 is 10.8 Å². The van der Waals surface area contributed by atoms with Crippen molar-refractivity contribution in [3.63, 3.8) is 0 Å². The van der Waals surface area contributed by atoms with Gasteiger partial charge in [-0.25, -0.2) is 0 Å². The summed E-state index contributed by atoms with van der Waals surface area (Å²) in [5.74, 6) is 0.279. The first-order chi connectivity index (χ1) is 7.70. The number of nitrogens with zero attached hydrogens (tertiary/aromatic N) is 2. The Bertz CT molecular complexity index is 491. The third-order valence-corrected chi connectivity index (χ3v) is 2.67. The third-order valence-electron chi connectivity index (χ3n) is 2.67. The normalized spacial score (nSPS) is 10.6. The maximum Gasteiger partial charge on any atom is 0.115 e. The van der Waals surface area contributed by atoms with E-state index in [-0.39, 0.29) is 5.75 Å². The molecule has 1 aromatic heterocycles. The molecule has 0 amide bonds. The fraction of sp³-hybridized carbons (Fsp3) is 0.250. The van der Waals surface area contributed by atoms with E-state index in [1.165, 1.54) is 0 Å². The van der Waals surface area contributed by atoms with E-state index in [0.29, 0.717) is 13.1 Å². The van der Waals surface area contributed by atoms with Crippen LogP contribution in [-0.4, -0.2) is 14.9 Å². The third kappa shape index (κ3) is 2.06. The van der Waals surface area contributed by atoms with Crippen molar-refractivity contribution in [1.29, 1.82) is 0 Å². The minimum atomic E-state index is 0.279. The van der Waals surface area contributed by atoms with E-state index in [2.05, 4.69) is 5.10 Å². The van der Waals surface area contributed by atoms with Crippen molar-refractivity contribution in [2.75, 3.05) is 0 Å². The predicted octanol–water partition coefficient (Wildman–Crippen LogP) is 1.40. The summed E-state index contributed by atoms with van der Waals surface area (Å²) in [4.78, 5) is 0. The molecule has 1 aromatic carbocycles. The highest BCUT2D eigenvalue weighted by molar-refractivity contribution is 5.28. The van der Waals surface area contributed by atoms with E-state index in [1.54, 1.807) is 18.3 Å². The van der Waals surface area contributed by atoms with Gasteiger partial charge in [0.05, 0.1) is 12.7 Å². The number of nitrogens with two attached hydrogens (primary N) is 1. The molecule has 0 saturated carbocycles. The summed E-state index contributed by atoms with van der Waals surface area (Å²) in [5, 5.41) is 13.6. The van der Waals surface area contributed by atoms with Crippen molar-refractivity contribution in [2.45, 2.75) is 20.0 Å². The van der Waals surface area contributed by atoms with Crippen LogP contribution in [0.3, 0.4) is 0 Å². The van der Waals surface area contributed by atoms with Crippen molar-refractivity contribution in [1.82, 2.24) is 9.78 Å². The van der Waals surface area contributed by atoms with Crippen molar-refractivity contribution in [2.24, 2.45) is 5.73 Å². The number of aromatic nitrogens is 2. The molecule has 1 heterocycles. The minimum absolute atomic E-state index is 0.279. The largest absolute Gasteiger partial charge is 0.508 e. The van der Waals surface area contributed by atoms with Crippen LogP contribution >= 0.6 is 0 Å². The molecule has 0 bridgehead atoms. The van der Waals surface area contributed by atoms with Gasteiger partial charge in [0.25, 0.3) is 0 Å². The minimum Gasteiger partial charge on any atom is -0.508 e. The van der Waals surface area contributed by atoms with Gasteiger partial charge in [0.1, 0.15) is 5.75 Å². The second kappa shape index (κ2) is 4.37. The van der Waals surface area contributed by atoms with Gasteiger partial charge in [0.2, 0.25) is 0 Å². The number of hydrogen-bond donors (Lipinski definition) is 2. The first-order valence-corrected chi connectivity index (χ1v) is 5.20. The highest BCUT2D eigenvalue weighted by Gasteiger charge is 2.05. The summed E-state index contributed by atoms with van der Waals surface area (Å²) in [6, 6.07) is 7.18. The van der Waals surface area contributed by atoms with Gasteiger partial charge >= 0.3 is 0 Å². The van der Waals surface area contributed by atoms with Gasteiger partial charge in [-0.2, -0.15) is 5.10 Å². The van der Waals surface area contributed by atoms with E-state index in [1.807, 2.05) is 23.7 Å². The van der Waals surface area contributed by atoms with Gasteiger partial charge in [-0.1, -0.05) is 12.1 Å². The Morgan fingerprint density at radius 3 is 2.88 bits per heavy atom. The lowest BCUT2D eigenvalue weighted by Gasteiger charge is -2.05. The standard InChI is InChI=1S/C12H15N3O/c1-9-11(6-13)7-14-15(9)8-10-3-2-4-12(16)5-10/h2-5,7,16H,6,8,13H2,1H3. The zero-order chi connectivity index (χ0) is 11.5. The van der Waals surface area contributed by atoms with Crippen molar-refractivity contribution in [3.05, 3.63) is 47.3 Å². The van der Waals surface area contributed by atoms with E-state index in [0.717, 1.165) is 16.8 Å². The molecular weight excluding hydrogens is 202 g/mol. The van der Waals surface area contributed by atoms with Crippen LogP contribution in [0.15, 0.2) is 30.5 Å².